The minimum Gasteiger partial charge on any atom is -0.462 e. The van der Waals surface area contributed by atoms with Crippen molar-refractivity contribution in [1.82, 2.24) is 0 Å². The van der Waals surface area contributed by atoms with Crippen molar-refractivity contribution < 1.29 is 19.1 Å². The van der Waals surface area contributed by atoms with Crippen LogP contribution in [0.1, 0.15) is 5.56 Å². The van der Waals surface area contributed by atoms with Crippen molar-refractivity contribution in [3.05, 3.63) is 23.8 Å². The maximum atomic E-state index is 11.8. The van der Waals surface area contributed by atoms with Crippen LogP contribution in [0.4, 0.5) is 11.4 Å². The third-order valence-electron chi connectivity index (χ3n) is 2.76. The Kier molecular flexibility index (Phi) is 3.01. The predicted molar refractivity (Wildman–Crippen MR) is 64.2 cm³/mol. The normalized spacial score (nSPS) is 13.2. The van der Waals surface area contributed by atoms with Crippen LogP contribution >= 0.6 is 0 Å². The number of esters is 1. The van der Waals surface area contributed by atoms with Crippen molar-refractivity contribution in [1.29, 1.82) is 0 Å². The molecule has 0 bridgehead atoms. The smallest absolute Gasteiger partial charge is 0.397 e. The Morgan fingerprint density at radius 1 is 1.39 bits per heavy atom. The summed E-state index contributed by atoms with van der Waals surface area (Å²) in [5, 5.41) is 2.94. The number of rotatable bonds is 1. The second-order valence-electron chi connectivity index (χ2n) is 3.80. The zero-order valence-electron chi connectivity index (χ0n) is 10.0. The highest BCUT2D eigenvalue weighted by atomic mass is 16.5. The molecule has 6 heteroatoms. The minimum atomic E-state index is -1.05. The van der Waals surface area contributed by atoms with E-state index in [1.54, 1.807) is 25.2 Å². The first-order chi connectivity index (χ1) is 8.58. The number of methoxy groups -OCH3 is 1. The molecule has 0 radical (unpaired) electrons. The molecule has 0 aliphatic carbocycles. The maximum Gasteiger partial charge on any atom is 0.397 e. The molecule has 2 rings (SSSR count). The molecule has 1 aromatic carbocycles. The Morgan fingerprint density at radius 3 is 2.72 bits per heavy atom. The SMILES string of the molecule is CNc1ccc2c(c1)CC(=O)N2C(=O)C(=O)OC. The summed E-state index contributed by atoms with van der Waals surface area (Å²) < 4.78 is 4.34. The summed E-state index contributed by atoms with van der Waals surface area (Å²) >= 11 is 0. The molecular formula is C12H12N2O4. The fraction of sp³-hybridized carbons (Fsp3) is 0.250. The summed E-state index contributed by atoms with van der Waals surface area (Å²) in [6.45, 7) is 0. The number of benzene rings is 1. The van der Waals surface area contributed by atoms with Crippen molar-refractivity contribution in [2.45, 2.75) is 6.42 Å². The van der Waals surface area contributed by atoms with Gasteiger partial charge in [-0.2, -0.15) is 0 Å². The van der Waals surface area contributed by atoms with Crippen LogP contribution in [-0.2, 0) is 25.5 Å². The molecule has 18 heavy (non-hydrogen) atoms. The largest absolute Gasteiger partial charge is 0.462 e. The Labute approximate surface area is 104 Å². The predicted octanol–water partition coefficient (Wildman–Crippen LogP) is 0.317. The van der Waals surface area contributed by atoms with E-state index in [4.69, 9.17) is 0 Å². The van der Waals surface area contributed by atoms with Gasteiger partial charge in [-0.25, -0.2) is 9.69 Å². The standard InChI is InChI=1S/C12H12N2O4/c1-13-8-3-4-9-7(5-8)6-10(15)14(9)11(16)12(17)18-2/h3-5,13H,6H2,1-2H3. The number of fused-ring (bicyclic) bond motifs is 1. The highest BCUT2D eigenvalue weighted by Crippen LogP contribution is 2.31. The molecule has 0 spiro atoms. The van der Waals surface area contributed by atoms with E-state index in [9.17, 15) is 14.4 Å². The molecule has 1 aliphatic heterocycles. The number of amides is 2. The topological polar surface area (TPSA) is 75.7 Å². The first kappa shape index (κ1) is 12.1. The third-order valence-corrected chi connectivity index (χ3v) is 2.76. The molecule has 0 saturated carbocycles. The molecule has 1 N–H and O–H groups in total. The number of anilines is 2. The zero-order chi connectivity index (χ0) is 13.3. The van der Waals surface area contributed by atoms with Crippen LogP contribution in [0.5, 0.6) is 0 Å². The van der Waals surface area contributed by atoms with E-state index >= 15 is 0 Å². The average Bonchev–Trinajstić information content (AvgIpc) is 2.71. The molecule has 0 saturated heterocycles. The van der Waals surface area contributed by atoms with Gasteiger partial charge in [0.1, 0.15) is 0 Å². The van der Waals surface area contributed by atoms with Crippen molar-refractivity contribution in [3.63, 3.8) is 0 Å². The molecule has 0 atom stereocenters. The Balaban J connectivity index is 2.39. The van der Waals surface area contributed by atoms with E-state index < -0.39 is 17.8 Å². The summed E-state index contributed by atoms with van der Waals surface area (Å²) in [6, 6.07) is 5.14. The van der Waals surface area contributed by atoms with Gasteiger partial charge in [0, 0.05) is 12.7 Å². The molecule has 1 heterocycles. The Hall–Kier alpha value is -2.37. The molecule has 0 unspecified atom stereocenters. The molecule has 2 amide bonds. The highest BCUT2D eigenvalue weighted by molar-refractivity contribution is 6.44. The molecule has 94 valence electrons. The molecule has 0 fully saturated rings. The average molecular weight is 248 g/mol. The van der Waals surface area contributed by atoms with Gasteiger partial charge < -0.3 is 10.1 Å². The molecular weight excluding hydrogens is 236 g/mol. The van der Waals surface area contributed by atoms with Crippen molar-refractivity contribution in [3.8, 4) is 0 Å². The van der Waals surface area contributed by atoms with Crippen LogP contribution in [0.3, 0.4) is 0 Å². The lowest BCUT2D eigenvalue weighted by Gasteiger charge is -2.13. The van der Waals surface area contributed by atoms with Gasteiger partial charge >= 0.3 is 11.9 Å². The first-order valence-electron chi connectivity index (χ1n) is 5.34. The van der Waals surface area contributed by atoms with Crippen LogP contribution < -0.4 is 10.2 Å². The van der Waals surface area contributed by atoms with Gasteiger partial charge in [-0.15, -0.1) is 0 Å². The van der Waals surface area contributed by atoms with Crippen molar-refractivity contribution in [2.24, 2.45) is 0 Å². The number of ether oxygens (including phenoxy) is 1. The number of carbonyl (C=O) groups is 3. The second-order valence-corrected chi connectivity index (χ2v) is 3.80. The summed E-state index contributed by atoms with van der Waals surface area (Å²) in [5.74, 6) is -2.43. The van der Waals surface area contributed by atoms with Crippen molar-refractivity contribution >= 4 is 29.2 Å². The molecule has 1 aromatic rings. The van der Waals surface area contributed by atoms with Gasteiger partial charge in [0.25, 0.3) is 0 Å². The zero-order valence-corrected chi connectivity index (χ0v) is 10.0. The number of hydrogen-bond acceptors (Lipinski definition) is 5. The summed E-state index contributed by atoms with van der Waals surface area (Å²) in [5.41, 5.74) is 1.99. The summed E-state index contributed by atoms with van der Waals surface area (Å²) in [6.07, 6.45) is 0.105. The lowest BCUT2D eigenvalue weighted by atomic mass is 10.1. The maximum absolute atomic E-state index is 11.8. The lowest BCUT2D eigenvalue weighted by molar-refractivity contribution is -0.152. The van der Waals surface area contributed by atoms with Gasteiger partial charge in [0.2, 0.25) is 5.91 Å². The van der Waals surface area contributed by atoms with Crippen LogP contribution in [0.2, 0.25) is 0 Å². The summed E-state index contributed by atoms with van der Waals surface area (Å²) in [7, 11) is 2.86. The van der Waals surface area contributed by atoms with Crippen molar-refractivity contribution in [2.75, 3.05) is 24.4 Å². The Bertz CT molecular complexity index is 539. The fourth-order valence-corrected chi connectivity index (χ4v) is 1.88. The van der Waals surface area contributed by atoms with E-state index in [1.165, 1.54) is 0 Å². The van der Waals surface area contributed by atoms with E-state index in [0.29, 0.717) is 11.3 Å². The lowest BCUT2D eigenvalue weighted by Crippen LogP contribution is -2.39. The summed E-state index contributed by atoms with van der Waals surface area (Å²) in [4.78, 5) is 35.5. The first-order valence-corrected chi connectivity index (χ1v) is 5.34. The molecule has 1 aliphatic rings. The van der Waals surface area contributed by atoms with Crippen LogP contribution in [-0.4, -0.2) is 31.9 Å². The Morgan fingerprint density at radius 2 is 2.11 bits per heavy atom. The molecule has 6 nitrogen and oxygen atoms in total. The van der Waals surface area contributed by atoms with Crippen LogP contribution in [0.25, 0.3) is 0 Å². The van der Waals surface area contributed by atoms with E-state index in [0.717, 1.165) is 17.7 Å². The minimum absolute atomic E-state index is 0.105. The van der Waals surface area contributed by atoms with Gasteiger partial charge in [-0.3, -0.25) is 9.59 Å². The number of nitrogens with one attached hydrogen (secondary N) is 1. The number of carbonyl (C=O) groups excluding carboxylic acids is 3. The number of nitrogens with zero attached hydrogens (tertiary/aromatic N) is 1. The second kappa shape index (κ2) is 4.48. The van der Waals surface area contributed by atoms with E-state index in [2.05, 4.69) is 10.1 Å². The van der Waals surface area contributed by atoms with Gasteiger partial charge in [0.05, 0.1) is 19.2 Å². The fourth-order valence-electron chi connectivity index (χ4n) is 1.88. The third kappa shape index (κ3) is 1.81. The van der Waals surface area contributed by atoms with Crippen LogP contribution in [0, 0.1) is 0 Å². The quantitative estimate of drug-likeness (QED) is 0.572. The van der Waals surface area contributed by atoms with E-state index in [-0.39, 0.29) is 6.42 Å². The van der Waals surface area contributed by atoms with Gasteiger partial charge in [-0.05, 0) is 23.8 Å². The number of imide groups is 1. The van der Waals surface area contributed by atoms with Gasteiger partial charge in [-0.1, -0.05) is 0 Å². The van der Waals surface area contributed by atoms with Crippen LogP contribution in [0.15, 0.2) is 18.2 Å². The highest BCUT2D eigenvalue weighted by Gasteiger charge is 2.36. The molecule has 0 aromatic heterocycles. The van der Waals surface area contributed by atoms with Gasteiger partial charge in [0.15, 0.2) is 0 Å². The monoisotopic (exact) mass is 248 g/mol. The number of hydrogen-bond donors (Lipinski definition) is 1. The van der Waals surface area contributed by atoms with E-state index in [1.807, 2.05) is 0 Å².